The number of amides is 2. The maximum atomic E-state index is 13.2. The standard InChI is InChI=1S/C23H26FN5O2/c24-17-5-9-19(10-6-17)29-21(22(25)30)15-20(27-29)23(31)26-18-7-3-16(4-8-18)11-14-28-12-1-2-13-28/h3-10,21H,1-2,11-15H2,(H2,25,30)(H,26,31). The summed E-state index contributed by atoms with van der Waals surface area (Å²) in [7, 11) is 0. The minimum Gasteiger partial charge on any atom is -0.368 e. The molecule has 8 heteroatoms. The van der Waals surface area contributed by atoms with Crippen molar-refractivity contribution in [2.75, 3.05) is 30.0 Å². The molecule has 2 aromatic carbocycles. The van der Waals surface area contributed by atoms with Crippen molar-refractivity contribution < 1.29 is 14.0 Å². The summed E-state index contributed by atoms with van der Waals surface area (Å²) in [4.78, 5) is 27.1. The van der Waals surface area contributed by atoms with Gasteiger partial charge in [0, 0.05) is 18.7 Å². The summed E-state index contributed by atoms with van der Waals surface area (Å²) in [5.41, 5.74) is 8.08. The van der Waals surface area contributed by atoms with Crippen LogP contribution in [-0.4, -0.2) is 48.1 Å². The van der Waals surface area contributed by atoms with Crippen LogP contribution in [0, 0.1) is 5.82 Å². The van der Waals surface area contributed by atoms with Gasteiger partial charge in [0.05, 0.1) is 5.69 Å². The van der Waals surface area contributed by atoms with Crippen LogP contribution in [0.15, 0.2) is 53.6 Å². The summed E-state index contributed by atoms with van der Waals surface area (Å²) >= 11 is 0. The van der Waals surface area contributed by atoms with Gasteiger partial charge in [0.25, 0.3) is 5.91 Å². The van der Waals surface area contributed by atoms with Crippen molar-refractivity contribution in [2.24, 2.45) is 10.8 Å². The van der Waals surface area contributed by atoms with Crippen LogP contribution < -0.4 is 16.1 Å². The highest BCUT2D eigenvalue weighted by Crippen LogP contribution is 2.25. The number of nitrogens with zero attached hydrogens (tertiary/aromatic N) is 3. The lowest BCUT2D eigenvalue weighted by atomic mass is 10.1. The molecule has 0 aromatic heterocycles. The molecular weight excluding hydrogens is 397 g/mol. The molecule has 2 aliphatic rings. The molecule has 0 saturated carbocycles. The molecule has 2 amide bonds. The maximum absolute atomic E-state index is 13.2. The summed E-state index contributed by atoms with van der Waals surface area (Å²) in [6.45, 7) is 3.41. The Labute approximate surface area is 180 Å². The van der Waals surface area contributed by atoms with Gasteiger partial charge in [0.15, 0.2) is 0 Å². The van der Waals surface area contributed by atoms with Crippen LogP contribution in [0.1, 0.15) is 24.8 Å². The summed E-state index contributed by atoms with van der Waals surface area (Å²) < 4.78 is 13.2. The highest BCUT2D eigenvalue weighted by Gasteiger charge is 2.35. The number of rotatable bonds is 7. The number of carbonyl (C=O) groups excluding carboxylic acids is 2. The first-order valence-corrected chi connectivity index (χ1v) is 10.5. The van der Waals surface area contributed by atoms with Crippen LogP contribution in [0.4, 0.5) is 15.8 Å². The molecule has 3 N–H and O–H groups in total. The molecule has 2 aromatic rings. The molecule has 0 bridgehead atoms. The lowest BCUT2D eigenvalue weighted by Gasteiger charge is -2.20. The monoisotopic (exact) mass is 423 g/mol. The Hall–Kier alpha value is -3.26. The Morgan fingerprint density at radius 3 is 2.39 bits per heavy atom. The summed E-state index contributed by atoms with van der Waals surface area (Å²) in [6.07, 6.45) is 3.63. The average molecular weight is 423 g/mol. The van der Waals surface area contributed by atoms with Gasteiger partial charge in [-0.3, -0.25) is 14.6 Å². The fourth-order valence-electron chi connectivity index (χ4n) is 3.95. The second-order valence-electron chi connectivity index (χ2n) is 7.94. The van der Waals surface area contributed by atoms with Crippen LogP contribution in [0.25, 0.3) is 0 Å². The lowest BCUT2D eigenvalue weighted by Crippen LogP contribution is -2.39. The van der Waals surface area contributed by atoms with E-state index in [1.54, 1.807) is 0 Å². The van der Waals surface area contributed by atoms with E-state index in [2.05, 4.69) is 15.3 Å². The van der Waals surface area contributed by atoms with Crippen molar-refractivity contribution in [1.29, 1.82) is 0 Å². The van der Waals surface area contributed by atoms with Gasteiger partial charge >= 0.3 is 0 Å². The molecule has 7 nitrogen and oxygen atoms in total. The van der Waals surface area contributed by atoms with E-state index in [-0.39, 0.29) is 18.0 Å². The summed E-state index contributed by atoms with van der Waals surface area (Å²) in [6, 6.07) is 12.5. The van der Waals surface area contributed by atoms with Crippen LogP contribution in [0.3, 0.4) is 0 Å². The highest BCUT2D eigenvalue weighted by molar-refractivity contribution is 6.44. The van der Waals surface area contributed by atoms with Gasteiger partial charge < -0.3 is 16.0 Å². The molecule has 4 rings (SSSR count). The van der Waals surface area contributed by atoms with Crippen LogP contribution in [-0.2, 0) is 16.0 Å². The first kappa shape index (κ1) is 21.0. The van der Waals surface area contributed by atoms with Crippen molar-refractivity contribution in [3.63, 3.8) is 0 Å². The van der Waals surface area contributed by atoms with Crippen LogP contribution in [0.5, 0.6) is 0 Å². The minimum atomic E-state index is -0.792. The zero-order valence-corrected chi connectivity index (χ0v) is 17.3. The van der Waals surface area contributed by atoms with E-state index in [1.807, 2.05) is 24.3 Å². The third-order valence-corrected chi connectivity index (χ3v) is 5.72. The molecule has 0 radical (unpaired) electrons. The Balaban J connectivity index is 1.39. The van der Waals surface area contributed by atoms with Crippen LogP contribution >= 0.6 is 0 Å². The number of nitrogens with one attached hydrogen (secondary N) is 1. The van der Waals surface area contributed by atoms with Crippen molar-refractivity contribution >= 4 is 28.9 Å². The molecule has 0 spiro atoms. The summed E-state index contributed by atoms with van der Waals surface area (Å²) in [5.74, 6) is -1.39. The minimum absolute atomic E-state index is 0.0897. The van der Waals surface area contributed by atoms with E-state index in [0.29, 0.717) is 11.4 Å². The number of benzene rings is 2. The van der Waals surface area contributed by atoms with Crippen LogP contribution in [0.2, 0.25) is 0 Å². The fraction of sp³-hybridized carbons (Fsp3) is 0.348. The molecule has 1 saturated heterocycles. The molecular formula is C23H26FN5O2. The second kappa shape index (κ2) is 9.26. The maximum Gasteiger partial charge on any atom is 0.271 e. The first-order valence-electron chi connectivity index (χ1n) is 10.5. The average Bonchev–Trinajstić information content (AvgIpc) is 3.44. The third kappa shape index (κ3) is 5.08. The molecule has 1 fully saturated rings. The molecule has 162 valence electrons. The second-order valence-corrected chi connectivity index (χ2v) is 7.94. The quantitative estimate of drug-likeness (QED) is 0.716. The van der Waals surface area contributed by atoms with E-state index in [0.717, 1.165) is 13.0 Å². The molecule has 31 heavy (non-hydrogen) atoms. The smallest absolute Gasteiger partial charge is 0.271 e. The number of hydrazone groups is 1. The molecule has 2 aliphatic heterocycles. The van der Waals surface area contributed by atoms with E-state index in [4.69, 9.17) is 5.73 Å². The molecule has 2 heterocycles. The van der Waals surface area contributed by atoms with Gasteiger partial charge in [-0.25, -0.2) is 4.39 Å². The van der Waals surface area contributed by atoms with Gasteiger partial charge in [-0.05, 0) is 74.3 Å². The predicted molar refractivity (Wildman–Crippen MR) is 118 cm³/mol. The van der Waals surface area contributed by atoms with E-state index in [9.17, 15) is 14.0 Å². The number of hydrogen-bond acceptors (Lipinski definition) is 5. The van der Waals surface area contributed by atoms with Gasteiger partial charge in [-0.15, -0.1) is 0 Å². The van der Waals surface area contributed by atoms with Crippen molar-refractivity contribution in [1.82, 2.24) is 4.90 Å². The molecule has 0 aliphatic carbocycles. The Bertz CT molecular complexity index is 968. The third-order valence-electron chi connectivity index (χ3n) is 5.72. The number of nitrogens with two attached hydrogens (primary N) is 1. The van der Waals surface area contributed by atoms with E-state index >= 15 is 0 Å². The summed E-state index contributed by atoms with van der Waals surface area (Å²) in [5, 5.41) is 8.49. The number of primary amides is 1. The number of likely N-dealkylation sites (tertiary alicyclic amines) is 1. The number of halogens is 1. The SMILES string of the molecule is NC(=O)C1CC(C(=O)Nc2ccc(CCN3CCCC3)cc2)=NN1c1ccc(F)cc1. The van der Waals surface area contributed by atoms with Gasteiger partial charge in [-0.2, -0.15) is 5.10 Å². The highest BCUT2D eigenvalue weighted by atomic mass is 19.1. The van der Waals surface area contributed by atoms with Crippen molar-refractivity contribution in [2.45, 2.75) is 31.7 Å². The first-order chi connectivity index (χ1) is 15.0. The van der Waals surface area contributed by atoms with Gasteiger partial charge in [0.2, 0.25) is 5.91 Å². The lowest BCUT2D eigenvalue weighted by molar-refractivity contribution is -0.119. The molecule has 1 atom stereocenters. The van der Waals surface area contributed by atoms with Gasteiger partial charge in [0.1, 0.15) is 17.6 Å². The topological polar surface area (TPSA) is 91.0 Å². The largest absolute Gasteiger partial charge is 0.368 e. The normalized spacial score (nSPS) is 18.8. The zero-order chi connectivity index (χ0) is 21.8. The van der Waals surface area contributed by atoms with E-state index in [1.165, 1.54) is 60.8 Å². The van der Waals surface area contributed by atoms with E-state index < -0.39 is 17.8 Å². The Morgan fingerprint density at radius 1 is 1.06 bits per heavy atom. The molecule has 1 unspecified atom stereocenters. The zero-order valence-electron chi connectivity index (χ0n) is 17.3. The Morgan fingerprint density at radius 2 is 1.74 bits per heavy atom. The predicted octanol–water partition coefficient (Wildman–Crippen LogP) is 2.52. The van der Waals surface area contributed by atoms with Crippen molar-refractivity contribution in [3.05, 3.63) is 59.9 Å². The Kier molecular flexibility index (Phi) is 6.27. The van der Waals surface area contributed by atoms with Gasteiger partial charge in [-0.1, -0.05) is 12.1 Å². The van der Waals surface area contributed by atoms with Crippen molar-refractivity contribution in [3.8, 4) is 0 Å². The number of anilines is 2. The fourth-order valence-corrected chi connectivity index (χ4v) is 3.95. The number of carbonyl (C=O) groups is 2. The number of hydrogen-bond donors (Lipinski definition) is 2.